The molecule has 0 saturated heterocycles. The zero-order valence-corrected chi connectivity index (χ0v) is 10.6. The summed E-state index contributed by atoms with van der Waals surface area (Å²) < 4.78 is 0. The molecule has 1 aromatic rings. The molecule has 0 unspecified atom stereocenters. The Labute approximate surface area is 106 Å². The number of nitrogens with one attached hydrogen (secondary N) is 1. The number of carboxylic acid groups (broad SMARTS) is 1. The maximum absolute atomic E-state index is 11.5. The van der Waals surface area contributed by atoms with Gasteiger partial charge < -0.3 is 10.4 Å². The van der Waals surface area contributed by atoms with Crippen LogP contribution in [-0.4, -0.2) is 17.0 Å². The minimum Gasteiger partial charge on any atom is -0.481 e. The lowest BCUT2D eigenvalue weighted by Crippen LogP contribution is -2.28. The Balaban J connectivity index is 2.35. The molecule has 4 heteroatoms. The van der Waals surface area contributed by atoms with Gasteiger partial charge in [0.2, 0.25) is 5.91 Å². The van der Waals surface area contributed by atoms with Gasteiger partial charge in [-0.3, -0.25) is 9.59 Å². The van der Waals surface area contributed by atoms with E-state index in [9.17, 15) is 14.7 Å². The van der Waals surface area contributed by atoms with E-state index in [-0.39, 0.29) is 5.91 Å². The van der Waals surface area contributed by atoms with E-state index >= 15 is 0 Å². The van der Waals surface area contributed by atoms with E-state index in [1.807, 2.05) is 18.2 Å². The van der Waals surface area contributed by atoms with Crippen molar-refractivity contribution in [3.8, 4) is 0 Å². The third-order valence-corrected chi connectivity index (χ3v) is 3.33. The molecule has 1 aliphatic heterocycles. The molecule has 0 radical (unpaired) electrons. The van der Waals surface area contributed by atoms with Crippen LogP contribution in [0.3, 0.4) is 0 Å². The van der Waals surface area contributed by atoms with Crippen molar-refractivity contribution >= 4 is 17.6 Å². The number of hydrogen-bond acceptors (Lipinski definition) is 2. The van der Waals surface area contributed by atoms with Crippen LogP contribution in [0.15, 0.2) is 18.2 Å². The number of anilines is 1. The summed E-state index contributed by atoms with van der Waals surface area (Å²) in [6.07, 6.45) is 1.63. The van der Waals surface area contributed by atoms with Crippen molar-refractivity contribution in [3.63, 3.8) is 0 Å². The third kappa shape index (κ3) is 2.37. The molecule has 0 saturated carbocycles. The second kappa shape index (κ2) is 4.44. The van der Waals surface area contributed by atoms with Gasteiger partial charge in [0, 0.05) is 12.1 Å². The van der Waals surface area contributed by atoms with Gasteiger partial charge in [-0.25, -0.2) is 0 Å². The van der Waals surface area contributed by atoms with Crippen LogP contribution in [0.5, 0.6) is 0 Å². The highest BCUT2D eigenvalue weighted by Gasteiger charge is 2.29. The SMILES string of the molecule is CC(C)(Cc1cccc2c1NC(=O)CC2)C(=O)O. The van der Waals surface area contributed by atoms with Crippen LogP contribution in [0, 0.1) is 5.41 Å². The summed E-state index contributed by atoms with van der Waals surface area (Å²) in [7, 11) is 0. The van der Waals surface area contributed by atoms with Crippen molar-refractivity contribution in [2.24, 2.45) is 5.41 Å². The monoisotopic (exact) mass is 247 g/mol. The lowest BCUT2D eigenvalue weighted by Gasteiger charge is -2.24. The molecule has 96 valence electrons. The summed E-state index contributed by atoms with van der Waals surface area (Å²) in [5.74, 6) is -0.828. The minimum absolute atomic E-state index is 0.00285. The molecular formula is C14H17NO3. The van der Waals surface area contributed by atoms with E-state index in [0.29, 0.717) is 12.8 Å². The van der Waals surface area contributed by atoms with E-state index in [4.69, 9.17) is 0 Å². The van der Waals surface area contributed by atoms with E-state index in [1.54, 1.807) is 13.8 Å². The maximum atomic E-state index is 11.5. The van der Waals surface area contributed by atoms with Crippen LogP contribution in [0.4, 0.5) is 5.69 Å². The topological polar surface area (TPSA) is 66.4 Å². The molecular weight excluding hydrogens is 230 g/mol. The van der Waals surface area contributed by atoms with E-state index in [1.165, 1.54) is 0 Å². The van der Waals surface area contributed by atoms with E-state index < -0.39 is 11.4 Å². The average molecular weight is 247 g/mol. The number of aliphatic carboxylic acids is 1. The molecule has 1 heterocycles. The Hall–Kier alpha value is -1.84. The van der Waals surface area contributed by atoms with Gasteiger partial charge in [0.25, 0.3) is 0 Å². The Morgan fingerprint density at radius 3 is 2.78 bits per heavy atom. The molecule has 18 heavy (non-hydrogen) atoms. The molecule has 2 rings (SSSR count). The van der Waals surface area contributed by atoms with Crippen molar-refractivity contribution in [3.05, 3.63) is 29.3 Å². The standard InChI is InChI=1S/C14H17NO3/c1-14(2,13(17)18)8-10-5-3-4-9-6-7-11(16)15-12(9)10/h3-5H,6-8H2,1-2H3,(H,15,16)(H,17,18). The van der Waals surface area contributed by atoms with Crippen LogP contribution in [0.25, 0.3) is 0 Å². The number of para-hydroxylation sites is 1. The molecule has 2 N–H and O–H groups in total. The molecule has 0 atom stereocenters. The van der Waals surface area contributed by atoms with Gasteiger partial charge in [-0.2, -0.15) is 0 Å². The first-order valence-corrected chi connectivity index (χ1v) is 6.04. The van der Waals surface area contributed by atoms with Crippen molar-refractivity contribution in [1.29, 1.82) is 0 Å². The molecule has 0 spiro atoms. The number of amides is 1. The molecule has 4 nitrogen and oxygen atoms in total. The van der Waals surface area contributed by atoms with Crippen molar-refractivity contribution < 1.29 is 14.7 Å². The Morgan fingerprint density at radius 1 is 1.39 bits per heavy atom. The highest BCUT2D eigenvalue weighted by molar-refractivity contribution is 5.95. The molecule has 0 bridgehead atoms. The average Bonchev–Trinajstić information content (AvgIpc) is 2.29. The second-order valence-corrected chi connectivity index (χ2v) is 5.37. The first kappa shape index (κ1) is 12.6. The highest BCUT2D eigenvalue weighted by atomic mass is 16.4. The van der Waals surface area contributed by atoms with Crippen molar-refractivity contribution in [2.75, 3.05) is 5.32 Å². The largest absolute Gasteiger partial charge is 0.481 e. The van der Waals surface area contributed by atoms with Crippen LogP contribution < -0.4 is 5.32 Å². The summed E-state index contributed by atoms with van der Waals surface area (Å²) in [5.41, 5.74) is 1.96. The number of carbonyl (C=O) groups excluding carboxylic acids is 1. The van der Waals surface area contributed by atoms with Crippen LogP contribution in [-0.2, 0) is 22.4 Å². The normalized spacial score (nSPS) is 14.9. The summed E-state index contributed by atoms with van der Waals surface area (Å²) in [6.45, 7) is 3.39. The van der Waals surface area contributed by atoms with Crippen LogP contribution in [0.1, 0.15) is 31.4 Å². The Kier molecular flexibility index (Phi) is 3.11. The smallest absolute Gasteiger partial charge is 0.309 e. The lowest BCUT2D eigenvalue weighted by atomic mass is 9.84. The van der Waals surface area contributed by atoms with Gasteiger partial charge in [-0.1, -0.05) is 18.2 Å². The van der Waals surface area contributed by atoms with Crippen molar-refractivity contribution in [2.45, 2.75) is 33.1 Å². The molecule has 1 aliphatic rings. The molecule has 0 fully saturated rings. The fourth-order valence-corrected chi connectivity index (χ4v) is 2.17. The first-order valence-electron chi connectivity index (χ1n) is 6.04. The van der Waals surface area contributed by atoms with Crippen LogP contribution in [0.2, 0.25) is 0 Å². The maximum Gasteiger partial charge on any atom is 0.309 e. The number of fused-ring (bicyclic) bond motifs is 1. The number of carbonyl (C=O) groups is 2. The summed E-state index contributed by atoms with van der Waals surface area (Å²) in [6, 6.07) is 5.78. The predicted octanol–water partition coefficient (Wildman–Crippen LogP) is 2.22. The van der Waals surface area contributed by atoms with E-state index in [0.717, 1.165) is 23.2 Å². The predicted molar refractivity (Wildman–Crippen MR) is 68.5 cm³/mol. The number of benzene rings is 1. The molecule has 0 aromatic heterocycles. The number of rotatable bonds is 3. The summed E-state index contributed by atoms with van der Waals surface area (Å²) in [4.78, 5) is 22.6. The Bertz CT molecular complexity index is 506. The number of carboxylic acids is 1. The first-order chi connectivity index (χ1) is 8.40. The van der Waals surface area contributed by atoms with Gasteiger partial charge in [-0.15, -0.1) is 0 Å². The van der Waals surface area contributed by atoms with E-state index in [2.05, 4.69) is 5.32 Å². The Morgan fingerprint density at radius 2 is 2.11 bits per heavy atom. The lowest BCUT2D eigenvalue weighted by molar-refractivity contribution is -0.146. The van der Waals surface area contributed by atoms with Crippen molar-refractivity contribution in [1.82, 2.24) is 0 Å². The number of hydrogen-bond donors (Lipinski definition) is 2. The van der Waals surface area contributed by atoms with Gasteiger partial charge in [0.15, 0.2) is 0 Å². The molecule has 1 amide bonds. The van der Waals surface area contributed by atoms with Gasteiger partial charge >= 0.3 is 5.97 Å². The summed E-state index contributed by atoms with van der Waals surface area (Å²) in [5, 5.41) is 12.0. The fourth-order valence-electron chi connectivity index (χ4n) is 2.17. The quantitative estimate of drug-likeness (QED) is 0.860. The zero-order chi connectivity index (χ0) is 13.3. The van der Waals surface area contributed by atoms with Gasteiger partial charge in [0.05, 0.1) is 5.41 Å². The third-order valence-electron chi connectivity index (χ3n) is 3.33. The molecule has 0 aliphatic carbocycles. The van der Waals surface area contributed by atoms with Gasteiger partial charge in [0.1, 0.15) is 0 Å². The van der Waals surface area contributed by atoms with Gasteiger partial charge in [-0.05, 0) is 37.8 Å². The fraction of sp³-hybridized carbons (Fsp3) is 0.429. The number of aryl methyl sites for hydroxylation is 1. The summed E-state index contributed by atoms with van der Waals surface area (Å²) >= 11 is 0. The highest BCUT2D eigenvalue weighted by Crippen LogP contribution is 2.31. The minimum atomic E-state index is -0.836. The molecule has 1 aromatic carbocycles. The van der Waals surface area contributed by atoms with Crippen LogP contribution >= 0.6 is 0 Å². The second-order valence-electron chi connectivity index (χ2n) is 5.37. The zero-order valence-electron chi connectivity index (χ0n) is 10.6.